The van der Waals surface area contributed by atoms with Crippen molar-refractivity contribution in [3.8, 4) is 5.75 Å². The van der Waals surface area contributed by atoms with Crippen LogP contribution in [0.3, 0.4) is 0 Å². The van der Waals surface area contributed by atoms with Gasteiger partial charge in [-0.2, -0.15) is 4.31 Å². The van der Waals surface area contributed by atoms with Gasteiger partial charge in [-0.1, -0.05) is 11.6 Å². The van der Waals surface area contributed by atoms with Crippen LogP contribution in [0.15, 0.2) is 23.1 Å². The Morgan fingerprint density at radius 1 is 1.39 bits per heavy atom. The van der Waals surface area contributed by atoms with Gasteiger partial charge in [0.1, 0.15) is 17.2 Å². The average molecular weight is 365 g/mol. The molecule has 0 heterocycles. The van der Waals surface area contributed by atoms with Crippen molar-refractivity contribution in [1.29, 1.82) is 0 Å². The quantitative estimate of drug-likeness (QED) is 0.698. The summed E-state index contributed by atoms with van der Waals surface area (Å²) in [7, 11) is -4.21. The molecule has 0 aliphatic heterocycles. The van der Waals surface area contributed by atoms with Crippen LogP contribution in [-0.4, -0.2) is 48.9 Å². The van der Waals surface area contributed by atoms with Gasteiger partial charge < -0.3 is 15.6 Å². The Morgan fingerprint density at radius 2 is 2.00 bits per heavy atom. The number of nitrogens with zero attached hydrogens (tertiary/aromatic N) is 1. The van der Waals surface area contributed by atoms with Crippen LogP contribution in [0, 0.1) is 0 Å². The molecule has 0 fully saturated rings. The molecule has 8 nitrogen and oxygen atoms in total. The molecule has 0 spiro atoms. The molecular weight excluding hydrogens is 348 g/mol. The second kappa shape index (κ2) is 7.62. The highest BCUT2D eigenvalue weighted by Crippen LogP contribution is 2.30. The highest BCUT2D eigenvalue weighted by Gasteiger charge is 2.32. The van der Waals surface area contributed by atoms with Crippen molar-refractivity contribution in [1.82, 2.24) is 4.31 Å². The molecule has 0 bridgehead atoms. The van der Waals surface area contributed by atoms with Gasteiger partial charge >= 0.3 is 5.97 Å². The summed E-state index contributed by atoms with van der Waals surface area (Å²) in [4.78, 5) is 21.4. The van der Waals surface area contributed by atoms with Crippen molar-refractivity contribution in [3.05, 3.63) is 23.2 Å². The Hall–Kier alpha value is -1.84. The molecule has 23 heavy (non-hydrogen) atoms. The van der Waals surface area contributed by atoms with Gasteiger partial charge in [0.15, 0.2) is 6.61 Å². The molecule has 0 aliphatic carbocycles. The molecule has 0 aliphatic rings. The zero-order valence-electron chi connectivity index (χ0n) is 12.5. The van der Waals surface area contributed by atoms with Crippen LogP contribution >= 0.6 is 11.6 Å². The predicted molar refractivity (Wildman–Crippen MR) is 82.8 cm³/mol. The number of carbonyl (C=O) groups is 2. The Labute approximate surface area is 138 Å². The Bertz CT molecular complexity index is 704. The van der Waals surface area contributed by atoms with Crippen molar-refractivity contribution >= 4 is 33.5 Å². The number of carboxylic acids is 1. The van der Waals surface area contributed by atoms with Crippen molar-refractivity contribution in [2.24, 2.45) is 5.73 Å². The van der Waals surface area contributed by atoms with E-state index in [1.807, 2.05) is 0 Å². The molecule has 0 saturated heterocycles. The number of hydrogen-bond donors (Lipinski definition) is 2. The first-order valence-corrected chi connectivity index (χ1v) is 8.31. The highest BCUT2D eigenvalue weighted by molar-refractivity contribution is 7.89. The van der Waals surface area contributed by atoms with Crippen LogP contribution in [0.5, 0.6) is 5.75 Å². The summed E-state index contributed by atoms with van der Waals surface area (Å²) in [5.74, 6) is -2.22. The minimum absolute atomic E-state index is 0.119. The smallest absolute Gasteiger partial charge is 0.318 e. The topological polar surface area (TPSA) is 127 Å². The standard InChI is InChI=1S/C13H17ClN2O6S/c1-8(2)16(6-13(18)19)23(20,21)11-5-9(14)3-4-10(11)22-7-12(15)17/h3-5,8H,6-7H2,1-2H3,(H2,15,17)(H,18,19). The molecule has 0 aromatic heterocycles. The van der Waals surface area contributed by atoms with E-state index < -0.39 is 41.1 Å². The van der Waals surface area contributed by atoms with E-state index in [4.69, 9.17) is 27.2 Å². The Kier molecular flexibility index (Phi) is 6.37. The fourth-order valence-corrected chi connectivity index (χ4v) is 3.74. The molecule has 10 heteroatoms. The van der Waals surface area contributed by atoms with E-state index >= 15 is 0 Å². The van der Waals surface area contributed by atoms with Crippen LogP contribution in [-0.2, 0) is 19.6 Å². The third-order valence-electron chi connectivity index (χ3n) is 2.73. The lowest BCUT2D eigenvalue weighted by Crippen LogP contribution is -2.40. The highest BCUT2D eigenvalue weighted by atomic mass is 35.5. The third kappa shape index (κ3) is 5.08. The Morgan fingerprint density at radius 3 is 2.48 bits per heavy atom. The van der Waals surface area contributed by atoms with Crippen LogP contribution in [0.1, 0.15) is 13.8 Å². The molecule has 0 unspecified atom stereocenters. The Balaban J connectivity index is 3.36. The van der Waals surface area contributed by atoms with Crippen LogP contribution < -0.4 is 10.5 Å². The molecule has 1 aromatic carbocycles. The summed E-state index contributed by atoms with van der Waals surface area (Å²) in [5, 5.41) is 9.04. The maximum atomic E-state index is 12.7. The first-order valence-electron chi connectivity index (χ1n) is 6.50. The predicted octanol–water partition coefficient (Wildman–Crippen LogP) is 0.688. The van der Waals surface area contributed by atoms with E-state index in [0.717, 1.165) is 10.4 Å². The molecule has 1 amide bonds. The summed E-state index contributed by atoms with van der Waals surface area (Å²) >= 11 is 5.83. The molecule has 1 rings (SSSR count). The van der Waals surface area contributed by atoms with Gasteiger partial charge in [0, 0.05) is 11.1 Å². The lowest BCUT2D eigenvalue weighted by Gasteiger charge is -2.25. The zero-order valence-corrected chi connectivity index (χ0v) is 14.1. The number of primary amides is 1. The molecule has 128 valence electrons. The van der Waals surface area contributed by atoms with E-state index in [1.165, 1.54) is 26.0 Å². The number of benzene rings is 1. The number of ether oxygens (including phenoxy) is 1. The maximum Gasteiger partial charge on any atom is 0.318 e. The fourth-order valence-electron chi connectivity index (χ4n) is 1.76. The first-order chi connectivity index (χ1) is 10.6. The molecule has 0 saturated carbocycles. The number of carbonyl (C=O) groups excluding carboxylic acids is 1. The van der Waals surface area contributed by atoms with E-state index in [0.29, 0.717) is 0 Å². The van der Waals surface area contributed by atoms with Crippen LogP contribution in [0.4, 0.5) is 0 Å². The van der Waals surface area contributed by atoms with Crippen molar-refractivity contribution in [3.63, 3.8) is 0 Å². The number of rotatable bonds is 8. The normalized spacial score (nSPS) is 11.7. The average Bonchev–Trinajstić information content (AvgIpc) is 2.42. The summed E-state index contributed by atoms with van der Waals surface area (Å²) < 4.78 is 31.3. The fraction of sp³-hybridized carbons (Fsp3) is 0.385. The summed E-state index contributed by atoms with van der Waals surface area (Å²) in [6, 6.07) is 3.18. The zero-order chi connectivity index (χ0) is 17.8. The van der Waals surface area contributed by atoms with Gasteiger partial charge in [-0.05, 0) is 32.0 Å². The van der Waals surface area contributed by atoms with E-state index in [1.54, 1.807) is 0 Å². The number of carboxylic acid groups (broad SMARTS) is 1. The van der Waals surface area contributed by atoms with E-state index in [9.17, 15) is 18.0 Å². The minimum atomic E-state index is -4.21. The van der Waals surface area contributed by atoms with E-state index in [-0.39, 0.29) is 15.7 Å². The van der Waals surface area contributed by atoms with Gasteiger partial charge in [0.25, 0.3) is 5.91 Å². The van der Waals surface area contributed by atoms with E-state index in [2.05, 4.69) is 0 Å². The molecule has 3 N–H and O–H groups in total. The van der Waals surface area contributed by atoms with Crippen molar-refractivity contribution in [2.45, 2.75) is 24.8 Å². The summed E-state index contributed by atoms with van der Waals surface area (Å²) in [6.07, 6.45) is 0. The molecule has 0 atom stereocenters. The molecule has 0 radical (unpaired) electrons. The summed E-state index contributed by atoms with van der Waals surface area (Å²) in [6.45, 7) is 1.83. The number of amides is 1. The number of nitrogens with two attached hydrogens (primary N) is 1. The van der Waals surface area contributed by atoms with Gasteiger partial charge in [0.05, 0.1) is 0 Å². The minimum Gasteiger partial charge on any atom is -0.482 e. The number of halogens is 1. The van der Waals surface area contributed by atoms with Crippen molar-refractivity contribution in [2.75, 3.05) is 13.2 Å². The number of aliphatic carboxylic acids is 1. The number of sulfonamides is 1. The molecule has 1 aromatic rings. The lowest BCUT2D eigenvalue weighted by molar-refractivity contribution is -0.137. The van der Waals surface area contributed by atoms with Gasteiger partial charge in [-0.15, -0.1) is 0 Å². The second-order valence-corrected chi connectivity index (χ2v) is 7.18. The number of hydrogen-bond acceptors (Lipinski definition) is 5. The third-order valence-corrected chi connectivity index (χ3v) is 5.01. The van der Waals surface area contributed by atoms with Gasteiger partial charge in [-0.25, -0.2) is 8.42 Å². The van der Waals surface area contributed by atoms with Crippen LogP contribution in [0.25, 0.3) is 0 Å². The van der Waals surface area contributed by atoms with Gasteiger partial charge in [-0.3, -0.25) is 9.59 Å². The lowest BCUT2D eigenvalue weighted by atomic mass is 10.3. The maximum absolute atomic E-state index is 12.7. The largest absolute Gasteiger partial charge is 0.482 e. The SMILES string of the molecule is CC(C)N(CC(=O)O)S(=O)(=O)c1cc(Cl)ccc1OCC(N)=O. The van der Waals surface area contributed by atoms with Crippen LogP contribution in [0.2, 0.25) is 5.02 Å². The first kappa shape index (κ1) is 19.2. The van der Waals surface area contributed by atoms with Crippen molar-refractivity contribution < 1.29 is 27.9 Å². The summed E-state index contributed by atoms with van der Waals surface area (Å²) in [5.41, 5.74) is 4.98. The monoisotopic (exact) mass is 364 g/mol. The second-order valence-electron chi connectivity index (χ2n) is 4.88. The van der Waals surface area contributed by atoms with Gasteiger partial charge in [0.2, 0.25) is 10.0 Å². The molecular formula is C13H17ClN2O6S.